The fourth-order valence-corrected chi connectivity index (χ4v) is 4.23. The lowest BCUT2D eigenvalue weighted by Gasteiger charge is -2.28. The number of hydrogen-bond acceptors (Lipinski definition) is 13. The highest BCUT2D eigenvalue weighted by Gasteiger charge is 2.34. The van der Waals surface area contributed by atoms with Crippen LogP contribution in [-0.4, -0.2) is 84.1 Å². The minimum atomic E-state index is -0.787. The molecule has 2 heterocycles. The van der Waals surface area contributed by atoms with Crippen LogP contribution in [0.4, 0.5) is 0 Å². The molecule has 2 rings (SSSR count). The summed E-state index contributed by atoms with van der Waals surface area (Å²) in [4.78, 5) is 105. The summed E-state index contributed by atoms with van der Waals surface area (Å²) >= 11 is 0. The lowest BCUT2D eigenvalue weighted by Crippen LogP contribution is -2.33. The standard InChI is InChI=1S/C30H44N2O13/c1-19(13-27(39)44-31-21(33)7-8-22(31)34)11-25(37)42-17-29(3,4)15-41-16-30(5,6)18-43-26(38)12-20(2)14-28(40)45-32-23(35)9-10-24(32)36/h19-20H,7-18H2,1-6H3. The Bertz CT molecular complexity index is 1040. The highest BCUT2D eigenvalue weighted by atomic mass is 16.7. The second-order valence-corrected chi connectivity index (χ2v) is 13.3. The van der Waals surface area contributed by atoms with Gasteiger partial charge in [-0.3, -0.25) is 28.8 Å². The third-order valence-electron chi connectivity index (χ3n) is 6.69. The van der Waals surface area contributed by atoms with Gasteiger partial charge in [0.05, 0.1) is 39.3 Å². The van der Waals surface area contributed by atoms with Crippen molar-refractivity contribution < 1.29 is 62.2 Å². The van der Waals surface area contributed by atoms with Crippen LogP contribution in [0.1, 0.15) is 92.9 Å². The quantitative estimate of drug-likeness (QED) is 0.157. The zero-order valence-electron chi connectivity index (χ0n) is 26.8. The van der Waals surface area contributed by atoms with E-state index < -0.39 is 70.2 Å². The molecule has 0 bridgehead atoms. The van der Waals surface area contributed by atoms with Crippen LogP contribution in [0.5, 0.6) is 0 Å². The Balaban J connectivity index is 1.62. The van der Waals surface area contributed by atoms with Gasteiger partial charge in [-0.25, -0.2) is 9.59 Å². The molecule has 0 aliphatic carbocycles. The van der Waals surface area contributed by atoms with Gasteiger partial charge in [0.1, 0.15) is 0 Å². The molecule has 45 heavy (non-hydrogen) atoms. The van der Waals surface area contributed by atoms with Gasteiger partial charge < -0.3 is 23.9 Å². The predicted molar refractivity (Wildman–Crippen MR) is 151 cm³/mol. The molecule has 15 nitrogen and oxygen atoms in total. The third kappa shape index (κ3) is 13.3. The van der Waals surface area contributed by atoms with E-state index in [0.29, 0.717) is 10.1 Å². The third-order valence-corrected chi connectivity index (χ3v) is 6.69. The Morgan fingerprint density at radius 1 is 0.556 bits per heavy atom. The molecule has 252 valence electrons. The molecule has 15 heteroatoms. The van der Waals surface area contributed by atoms with E-state index in [1.165, 1.54) is 0 Å². The van der Waals surface area contributed by atoms with Gasteiger partial charge in [-0.1, -0.05) is 41.5 Å². The van der Waals surface area contributed by atoms with Crippen molar-refractivity contribution in [2.75, 3.05) is 26.4 Å². The van der Waals surface area contributed by atoms with Crippen molar-refractivity contribution in [3.63, 3.8) is 0 Å². The van der Waals surface area contributed by atoms with Crippen LogP contribution in [0.2, 0.25) is 0 Å². The normalized spacial score (nSPS) is 16.9. The van der Waals surface area contributed by atoms with E-state index in [2.05, 4.69) is 0 Å². The maximum Gasteiger partial charge on any atom is 0.333 e. The maximum absolute atomic E-state index is 12.3. The molecule has 0 radical (unpaired) electrons. The second-order valence-electron chi connectivity index (χ2n) is 13.3. The number of carbonyl (C=O) groups excluding carboxylic acids is 8. The van der Waals surface area contributed by atoms with Crippen molar-refractivity contribution in [3.8, 4) is 0 Å². The van der Waals surface area contributed by atoms with Gasteiger partial charge in [-0.15, -0.1) is 10.1 Å². The highest BCUT2D eigenvalue weighted by molar-refractivity contribution is 6.02. The number of rotatable bonds is 18. The summed E-state index contributed by atoms with van der Waals surface area (Å²) < 4.78 is 16.6. The SMILES string of the molecule is CC(CC(=O)OCC(C)(C)COCC(C)(C)COC(=O)CC(C)CC(=O)ON1C(=O)CCC1=O)CC(=O)ON1C(=O)CCC1=O. The van der Waals surface area contributed by atoms with E-state index >= 15 is 0 Å². The molecular weight excluding hydrogens is 596 g/mol. The molecule has 0 saturated carbocycles. The Hall–Kier alpha value is -3.88. The van der Waals surface area contributed by atoms with Gasteiger partial charge in [-0.05, 0) is 11.8 Å². The molecule has 2 aliphatic heterocycles. The summed E-state index contributed by atoms with van der Waals surface area (Å²) in [5, 5.41) is 0.936. The molecule has 0 N–H and O–H groups in total. The van der Waals surface area contributed by atoms with E-state index in [0.717, 1.165) is 0 Å². The van der Waals surface area contributed by atoms with E-state index in [9.17, 15) is 38.4 Å². The Morgan fingerprint density at radius 2 is 0.844 bits per heavy atom. The van der Waals surface area contributed by atoms with Crippen LogP contribution < -0.4 is 0 Å². The molecule has 4 amide bonds. The average molecular weight is 641 g/mol. The fourth-order valence-electron chi connectivity index (χ4n) is 4.23. The first kappa shape index (κ1) is 37.3. The maximum atomic E-state index is 12.3. The van der Waals surface area contributed by atoms with Crippen LogP contribution in [0.3, 0.4) is 0 Å². The number of esters is 2. The van der Waals surface area contributed by atoms with E-state index in [1.807, 2.05) is 27.7 Å². The molecule has 0 spiro atoms. The van der Waals surface area contributed by atoms with Crippen LogP contribution in [-0.2, 0) is 62.2 Å². The molecule has 2 aliphatic rings. The largest absolute Gasteiger partial charge is 0.465 e. The number of ether oxygens (including phenoxy) is 3. The van der Waals surface area contributed by atoms with Crippen LogP contribution in [0, 0.1) is 22.7 Å². The smallest absolute Gasteiger partial charge is 0.333 e. The number of imide groups is 2. The summed E-state index contributed by atoms with van der Waals surface area (Å²) in [6, 6.07) is 0. The van der Waals surface area contributed by atoms with Crippen LogP contribution >= 0.6 is 0 Å². The Morgan fingerprint density at radius 3 is 1.16 bits per heavy atom. The zero-order valence-corrected chi connectivity index (χ0v) is 26.8. The van der Waals surface area contributed by atoms with Gasteiger partial charge >= 0.3 is 23.9 Å². The van der Waals surface area contributed by atoms with E-state index in [4.69, 9.17) is 23.9 Å². The number of amides is 4. The number of carbonyl (C=O) groups is 8. The molecule has 2 unspecified atom stereocenters. The van der Waals surface area contributed by atoms with Crippen molar-refractivity contribution >= 4 is 47.5 Å². The Labute approximate surface area is 262 Å². The predicted octanol–water partition coefficient (Wildman–Crippen LogP) is 2.19. The average Bonchev–Trinajstić information content (AvgIpc) is 3.40. The zero-order chi connectivity index (χ0) is 33.9. The first-order valence-corrected chi connectivity index (χ1v) is 14.9. The molecule has 2 saturated heterocycles. The first-order chi connectivity index (χ1) is 20.9. The lowest BCUT2D eigenvalue weighted by molar-refractivity contribution is -0.198. The summed E-state index contributed by atoms with van der Waals surface area (Å²) in [5.74, 6) is -5.80. The van der Waals surface area contributed by atoms with Gasteiger partial charge in [-0.2, -0.15) is 0 Å². The van der Waals surface area contributed by atoms with Crippen molar-refractivity contribution in [1.82, 2.24) is 10.1 Å². The number of hydroxylamine groups is 4. The molecule has 2 fully saturated rings. The molecular formula is C30H44N2O13. The summed E-state index contributed by atoms with van der Waals surface area (Å²) in [6.45, 7) is 11.3. The van der Waals surface area contributed by atoms with Crippen molar-refractivity contribution in [1.29, 1.82) is 0 Å². The van der Waals surface area contributed by atoms with Gasteiger partial charge in [0.25, 0.3) is 23.6 Å². The van der Waals surface area contributed by atoms with Crippen LogP contribution in [0.15, 0.2) is 0 Å². The van der Waals surface area contributed by atoms with Crippen molar-refractivity contribution in [2.45, 2.75) is 92.9 Å². The summed E-state index contributed by atoms with van der Waals surface area (Å²) in [5.41, 5.74) is -1.09. The van der Waals surface area contributed by atoms with Gasteiger partial charge in [0.15, 0.2) is 0 Å². The summed E-state index contributed by atoms with van der Waals surface area (Å²) in [6.07, 6.45) is -0.495. The first-order valence-electron chi connectivity index (χ1n) is 14.9. The topological polar surface area (TPSA) is 189 Å². The van der Waals surface area contributed by atoms with E-state index in [1.54, 1.807) is 13.8 Å². The highest BCUT2D eigenvalue weighted by Crippen LogP contribution is 2.23. The molecule has 0 aromatic heterocycles. The number of nitrogens with zero attached hydrogens (tertiary/aromatic N) is 2. The van der Waals surface area contributed by atoms with E-state index in [-0.39, 0.29) is 77.8 Å². The lowest BCUT2D eigenvalue weighted by atomic mass is 9.94. The van der Waals surface area contributed by atoms with Gasteiger partial charge in [0.2, 0.25) is 0 Å². The fraction of sp³-hybridized carbons (Fsp3) is 0.733. The second kappa shape index (κ2) is 16.4. The molecule has 0 aromatic rings. The summed E-state index contributed by atoms with van der Waals surface area (Å²) in [7, 11) is 0. The molecule has 0 aromatic carbocycles. The van der Waals surface area contributed by atoms with Crippen LogP contribution in [0.25, 0.3) is 0 Å². The minimum absolute atomic E-state index is 0.00414. The van der Waals surface area contributed by atoms with Gasteiger partial charge in [0, 0.05) is 49.4 Å². The molecule has 2 atom stereocenters. The van der Waals surface area contributed by atoms with Crippen molar-refractivity contribution in [2.24, 2.45) is 22.7 Å². The number of hydrogen-bond donors (Lipinski definition) is 0. The monoisotopic (exact) mass is 640 g/mol. The minimum Gasteiger partial charge on any atom is -0.465 e. The van der Waals surface area contributed by atoms with Crippen molar-refractivity contribution in [3.05, 3.63) is 0 Å². The Kier molecular flexibility index (Phi) is 13.6.